The molecular formula is C21H27N4+. The van der Waals surface area contributed by atoms with Gasteiger partial charge in [0.2, 0.25) is 12.5 Å². The van der Waals surface area contributed by atoms with Crippen LogP contribution in [0.4, 0.5) is 5.95 Å². The molecule has 0 bridgehead atoms. The lowest BCUT2D eigenvalue weighted by Crippen LogP contribution is -2.36. The molecule has 0 spiro atoms. The van der Waals surface area contributed by atoms with Crippen molar-refractivity contribution in [2.75, 3.05) is 11.9 Å². The second kappa shape index (κ2) is 8.62. The van der Waals surface area contributed by atoms with Crippen LogP contribution in [0.15, 0.2) is 43.0 Å². The van der Waals surface area contributed by atoms with Crippen molar-refractivity contribution in [2.45, 2.75) is 51.6 Å². The first kappa shape index (κ1) is 17.4. The van der Waals surface area contributed by atoms with Crippen molar-refractivity contribution in [3.8, 4) is 11.8 Å². The van der Waals surface area contributed by atoms with Crippen LogP contribution in [0, 0.1) is 17.8 Å². The number of hydrogen-bond donors (Lipinski definition) is 0. The van der Waals surface area contributed by atoms with Gasteiger partial charge in [0.05, 0.1) is 0 Å². The maximum atomic E-state index is 4.51. The third kappa shape index (κ3) is 4.79. The molecule has 4 nitrogen and oxygen atoms in total. The second-order valence-corrected chi connectivity index (χ2v) is 6.73. The molecule has 4 heteroatoms. The molecule has 2 aromatic heterocycles. The Morgan fingerprint density at radius 1 is 1.08 bits per heavy atom. The molecule has 25 heavy (non-hydrogen) atoms. The Morgan fingerprint density at radius 2 is 1.76 bits per heavy atom. The van der Waals surface area contributed by atoms with E-state index in [1.54, 1.807) is 0 Å². The molecule has 0 unspecified atom stereocenters. The minimum atomic E-state index is 0.522. The summed E-state index contributed by atoms with van der Waals surface area (Å²) in [6, 6.07) is 6.63. The second-order valence-electron chi connectivity index (χ2n) is 6.73. The van der Waals surface area contributed by atoms with E-state index in [1.165, 1.54) is 5.56 Å². The first-order chi connectivity index (χ1) is 12.3. The van der Waals surface area contributed by atoms with Gasteiger partial charge >= 0.3 is 0 Å². The molecule has 0 radical (unpaired) electrons. The highest BCUT2D eigenvalue weighted by Crippen LogP contribution is 2.28. The summed E-state index contributed by atoms with van der Waals surface area (Å²) in [6.07, 6.45) is 13.6. The average molecular weight is 335 g/mol. The minimum Gasteiger partial charge on any atom is -0.341 e. The Labute approximate surface area is 150 Å². The van der Waals surface area contributed by atoms with E-state index >= 15 is 0 Å². The summed E-state index contributed by atoms with van der Waals surface area (Å²) in [7, 11) is 2.11. The van der Waals surface area contributed by atoms with E-state index in [0.717, 1.165) is 44.6 Å². The number of pyridine rings is 1. The van der Waals surface area contributed by atoms with Gasteiger partial charge in [-0.1, -0.05) is 18.9 Å². The number of nitrogens with zero attached hydrogens (tertiary/aromatic N) is 4. The Morgan fingerprint density at radius 3 is 2.40 bits per heavy atom. The van der Waals surface area contributed by atoms with E-state index in [-0.39, 0.29) is 0 Å². The number of hydrogen-bond acceptors (Lipinski definition) is 3. The molecule has 0 aliphatic heterocycles. The van der Waals surface area contributed by atoms with E-state index in [1.807, 2.05) is 30.6 Å². The average Bonchev–Trinajstić information content (AvgIpc) is 2.69. The van der Waals surface area contributed by atoms with Crippen LogP contribution in [0.5, 0.6) is 0 Å². The number of aromatic nitrogens is 3. The fourth-order valence-corrected chi connectivity index (χ4v) is 3.30. The number of rotatable bonds is 4. The Hall–Kier alpha value is -2.41. The maximum absolute atomic E-state index is 4.51. The van der Waals surface area contributed by atoms with Crippen LogP contribution in [0.25, 0.3) is 0 Å². The van der Waals surface area contributed by atoms with Crippen molar-refractivity contribution in [3.63, 3.8) is 0 Å². The van der Waals surface area contributed by atoms with Crippen LogP contribution in [0.2, 0.25) is 0 Å². The quantitative estimate of drug-likeness (QED) is 0.636. The van der Waals surface area contributed by atoms with Crippen molar-refractivity contribution in [1.29, 1.82) is 0 Å². The molecule has 2 heterocycles. The minimum absolute atomic E-state index is 0.522. The van der Waals surface area contributed by atoms with Crippen LogP contribution >= 0.6 is 0 Å². The summed E-state index contributed by atoms with van der Waals surface area (Å²) in [5, 5.41) is 0. The van der Waals surface area contributed by atoms with Gasteiger partial charge in [-0.05, 0) is 43.6 Å². The predicted molar refractivity (Wildman–Crippen MR) is 100.0 cm³/mol. The van der Waals surface area contributed by atoms with E-state index in [9.17, 15) is 0 Å². The van der Waals surface area contributed by atoms with Crippen molar-refractivity contribution in [3.05, 3.63) is 48.5 Å². The Balaban J connectivity index is 1.49. The summed E-state index contributed by atoms with van der Waals surface area (Å²) < 4.78 is 2.11. The molecule has 3 rings (SSSR count). The molecule has 0 saturated heterocycles. The van der Waals surface area contributed by atoms with Gasteiger partial charge in [0.15, 0.2) is 12.4 Å². The van der Waals surface area contributed by atoms with Crippen molar-refractivity contribution >= 4 is 5.95 Å². The van der Waals surface area contributed by atoms with Gasteiger partial charge in [0, 0.05) is 43.5 Å². The van der Waals surface area contributed by atoms with E-state index in [0.29, 0.717) is 12.0 Å². The molecule has 0 amide bonds. The molecule has 130 valence electrons. The Bertz CT molecular complexity index is 707. The highest BCUT2D eigenvalue weighted by Gasteiger charge is 2.24. The summed E-state index contributed by atoms with van der Waals surface area (Å²) in [5.41, 5.74) is 1.19. The predicted octanol–water partition coefficient (Wildman–Crippen LogP) is 3.03. The highest BCUT2D eigenvalue weighted by atomic mass is 15.2. The fraction of sp³-hybridized carbons (Fsp3) is 0.476. The molecule has 2 aromatic rings. The van der Waals surface area contributed by atoms with Crippen molar-refractivity contribution in [2.24, 2.45) is 5.92 Å². The standard InChI is InChI=1S/C21H27N4/c1-3-18-16-22-21(23-17-18)24(2)20-11-9-19(10-12-20)8-7-15-25-13-5-4-6-14-25/h4-6,13-14,16-17,19-20H,3,9-12,15H2,1-2H3/q+1. The number of anilines is 1. The molecule has 1 aliphatic carbocycles. The fourth-order valence-electron chi connectivity index (χ4n) is 3.30. The SMILES string of the molecule is CCc1cnc(N(C)C2CCC(C#CC[n+]3ccccc3)CC2)nc1. The van der Waals surface area contributed by atoms with Crippen LogP contribution in [-0.4, -0.2) is 23.1 Å². The lowest BCUT2D eigenvalue weighted by Gasteiger charge is -2.33. The molecule has 1 aliphatic rings. The Kier molecular flexibility index (Phi) is 6.00. The van der Waals surface area contributed by atoms with E-state index < -0.39 is 0 Å². The van der Waals surface area contributed by atoms with Crippen LogP contribution in [0.3, 0.4) is 0 Å². The van der Waals surface area contributed by atoms with Gasteiger partial charge in [0.1, 0.15) is 0 Å². The van der Waals surface area contributed by atoms with Crippen molar-refractivity contribution < 1.29 is 4.57 Å². The summed E-state index contributed by atoms with van der Waals surface area (Å²) in [5.74, 6) is 8.16. The molecular weight excluding hydrogens is 308 g/mol. The first-order valence-corrected chi connectivity index (χ1v) is 9.22. The highest BCUT2D eigenvalue weighted by molar-refractivity contribution is 5.30. The van der Waals surface area contributed by atoms with Crippen LogP contribution < -0.4 is 9.47 Å². The van der Waals surface area contributed by atoms with Crippen LogP contribution in [-0.2, 0) is 13.0 Å². The molecule has 1 saturated carbocycles. The van der Waals surface area contributed by atoms with Gasteiger partial charge < -0.3 is 4.90 Å². The maximum Gasteiger partial charge on any atom is 0.225 e. The monoisotopic (exact) mass is 335 g/mol. The third-order valence-electron chi connectivity index (χ3n) is 5.00. The zero-order valence-electron chi connectivity index (χ0n) is 15.2. The van der Waals surface area contributed by atoms with Crippen molar-refractivity contribution in [1.82, 2.24) is 9.97 Å². The summed E-state index contributed by atoms with van der Waals surface area (Å²) >= 11 is 0. The topological polar surface area (TPSA) is 32.9 Å². The normalized spacial score (nSPS) is 19.8. The largest absolute Gasteiger partial charge is 0.341 e. The summed E-state index contributed by atoms with van der Waals surface area (Å²) in [6.45, 7) is 2.90. The number of aryl methyl sites for hydroxylation is 1. The van der Waals surface area contributed by atoms with E-state index in [4.69, 9.17) is 0 Å². The van der Waals surface area contributed by atoms with Crippen LogP contribution in [0.1, 0.15) is 38.2 Å². The zero-order chi connectivity index (χ0) is 17.5. The summed E-state index contributed by atoms with van der Waals surface area (Å²) in [4.78, 5) is 11.3. The third-order valence-corrected chi connectivity index (χ3v) is 5.00. The lowest BCUT2D eigenvalue weighted by atomic mass is 9.86. The van der Waals surface area contributed by atoms with Gasteiger partial charge in [0.25, 0.3) is 0 Å². The molecule has 0 atom stereocenters. The van der Waals surface area contributed by atoms with Gasteiger partial charge in [-0.2, -0.15) is 4.57 Å². The molecule has 1 fully saturated rings. The van der Waals surface area contributed by atoms with Gasteiger partial charge in [-0.15, -0.1) is 0 Å². The first-order valence-electron chi connectivity index (χ1n) is 9.22. The zero-order valence-corrected chi connectivity index (χ0v) is 15.2. The van der Waals surface area contributed by atoms with Gasteiger partial charge in [-0.3, -0.25) is 0 Å². The molecule has 0 N–H and O–H groups in total. The smallest absolute Gasteiger partial charge is 0.225 e. The van der Waals surface area contributed by atoms with Gasteiger partial charge in [-0.25, -0.2) is 9.97 Å². The van der Waals surface area contributed by atoms with E-state index in [2.05, 4.69) is 57.6 Å². The lowest BCUT2D eigenvalue weighted by molar-refractivity contribution is -0.684. The molecule has 0 aromatic carbocycles.